The predicted octanol–water partition coefficient (Wildman–Crippen LogP) is 3.09. The van der Waals surface area contributed by atoms with Gasteiger partial charge in [0, 0.05) is 19.0 Å². The van der Waals surface area contributed by atoms with E-state index in [0.29, 0.717) is 12.0 Å². The summed E-state index contributed by atoms with van der Waals surface area (Å²) in [5.41, 5.74) is 1.49. The van der Waals surface area contributed by atoms with Crippen molar-refractivity contribution in [3.05, 3.63) is 35.9 Å². The summed E-state index contributed by atoms with van der Waals surface area (Å²) in [6, 6.07) is 10.9. The summed E-state index contributed by atoms with van der Waals surface area (Å²) < 4.78 is 6.42. The zero-order chi connectivity index (χ0) is 12.4. The lowest BCUT2D eigenvalue weighted by Gasteiger charge is -2.48. The standard InChI is InChI=1S/C16H23NO/c1-13-11-17-12-16(18-13)10-6-5-9-15(16)14-7-3-2-4-8-14/h2-4,7-8,13,15,17H,5-6,9-12H2,1H3. The Morgan fingerprint density at radius 3 is 2.83 bits per heavy atom. The molecule has 1 aliphatic carbocycles. The first kappa shape index (κ1) is 12.2. The third-order valence-electron chi connectivity index (χ3n) is 4.47. The lowest BCUT2D eigenvalue weighted by molar-refractivity contribution is -0.138. The minimum atomic E-state index is 0.0390. The number of morpholine rings is 1. The maximum atomic E-state index is 6.42. The second-order valence-corrected chi connectivity index (χ2v) is 5.83. The van der Waals surface area contributed by atoms with Gasteiger partial charge in [-0.25, -0.2) is 0 Å². The van der Waals surface area contributed by atoms with E-state index in [2.05, 4.69) is 42.6 Å². The van der Waals surface area contributed by atoms with Crippen LogP contribution in [0.2, 0.25) is 0 Å². The Labute approximate surface area is 110 Å². The molecular weight excluding hydrogens is 222 g/mol. The van der Waals surface area contributed by atoms with Crippen LogP contribution < -0.4 is 5.32 Å². The average molecular weight is 245 g/mol. The third-order valence-corrected chi connectivity index (χ3v) is 4.47. The van der Waals surface area contributed by atoms with E-state index in [1.165, 1.54) is 31.2 Å². The first-order valence-corrected chi connectivity index (χ1v) is 7.24. The lowest BCUT2D eigenvalue weighted by atomic mass is 9.71. The summed E-state index contributed by atoms with van der Waals surface area (Å²) in [6.45, 7) is 4.19. The number of rotatable bonds is 1. The molecule has 3 atom stereocenters. The highest BCUT2D eigenvalue weighted by Crippen LogP contribution is 2.44. The van der Waals surface area contributed by atoms with E-state index in [9.17, 15) is 0 Å². The van der Waals surface area contributed by atoms with Crippen LogP contribution in [0, 0.1) is 0 Å². The van der Waals surface area contributed by atoms with Crippen molar-refractivity contribution in [3.63, 3.8) is 0 Å². The maximum Gasteiger partial charge on any atom is 0.0878 e. The minimum Gasteiger partial charge on any atom is -0.369 e. The molecule has 3 rings (SSSR count). The number of benzene rings is 1. The molecule has 18 heavy (non-hydrogen) atoms. The molecule has 2 heteroatoms. The molecule has 2 nitrogen and oxygen atoms in total. The van der Waals surface area contributed by atoms with E-state index in [-0.39, 0.29) is 5.60 Å². The Hall–Kier alpha value is -0.860. The fourth-order valence-corrected chi connectivity index (χ4v) is 3.69. The van der Waals surface area contributed by atoms with Gasteiger partial charge in [-0.3, -0.25) is 0 Å². The van der Waals surface area contributed by atoms with Crippen molar-refractivity contribution in [1.82, 2.24) is 5.32 Å². The molecule has 1 aromatic carbocycles. The van der Waals surface area contributed by atoms with Crippen LogP contribution in [0.3, 0.4) is 0 Å². The van der Waals surface area contributed by atoms with Gasteiger partial charge in [0.05, 0.1) is 11.7 Å². The largest absolute Gasteiger partial charge is 0.369 e. The highest BCUT2D eigenvalue weighted by Gasteiger charge is 2.45. The maximum absolute atomic E-state index is 6.42. The zero-order valence-electron chi connectivity index (χ0n) is 11.2. The van der Waals surface area contributed by atoms with Gasteiger partial charge in [-0.2, -0.15) is 0 Å². The summed E-state index contributed by atoms with van der Waals surface area (Å²) in [5.74, 6) is 0.558. The van der Waals surface area contributed by atoms with Gasteiger partial charge in [0.25, 0.3) is 0 Å². The summed E-state index contributed by atoms with van der Waals surface area (Å²) >= 11 is 0. The van der Waals surface area contributed by atoms with Gasteiger partial charge < -0.3 is 10.1 Å². The second kappa shape index (κ2) is 5.02. The van der Waals surface area contributed by atoms with Crippen molar-refractivity contribution >= 4 is 0 Å². The van der Waals surface area contributed by atoms with Crippen molar-refractivity contribution < 1.29 is 4.74 Å². The van der Waals surface area contributed by atoms with Crippen molar-refractivity contribution in [2.24, 2.45) is 0 Å². The number of ether oxygens (including phenoxy) is 1. The Kier molecular flexibility index (Phi) is 3.40. The fourth-order valence-electron chi connectivity index (χ4n) is 3.69. The summed E-state index contributed by atoms with van der Waals surface area (Å²) in [4.78, 5) is 0. The van der Waals surface area contributed by atoms with E-state index in [0.717, 1.165) is 13.1 Å². The minimum absolute atomic E-state index is 0.0390. The van der Waals surface area contributed by atoms with Gasteiger partial charge in [-0.05, 0) is 25.3 Å². The Morgan fingerprint density at radius 1 is 1.22 bits per heavy atom. The van der Waals surface area contributed by atoms with Crippen LogP contribution in [0.4, 0.5) is 0 Å². The van der Waals surface area contributed by atoms with Crippen LogP contribution in [-0.4, -0.2) is 24.8 Å². The van der Waals surface area contributed by atoms with Crippen LogP contribution in [-0.2, 0) is 4.74 Å². The Morgan fingerprint density at radius 2 is 2.06 bits per heavy atom. The molecule has 0 bridgehead atoms. The molecule has 0 aromatic heterocycles. The van der Waals surface area contributed by atoms with E-state index in [4.69, 9.17) is 4.74 Å². The monoisotopic (exact) mass is 245 g/mol. The van der Waals surface area contributed by atoms with E-state index in [1.54, 1.807) is 0 Å². The molecule has 3 unspecified atom stereocenters. The topological polar surface area (TPSA) is 21.3 Å². The van der Waals surface area contributed by atoms with E-state index in [1.807, 2.05) is 0 Å². The van der Waals surface area contributed by atoms with Crippen molar-refractivity contribution in [1.29, 1.82) is 0 Å². The molecule has 0 amide bonds. The lowest BCUT2D eigenvalue weighted by Crippen LogP contribution is -2.57. The van der Waals surface area contributed by atoms with Crippen LogP contribution >= 0.6 is 0 Å². The summed E-state index contributed by atoms with van der Waals surface area (Å²) in [5, 5.41) is 3.57. The van der Waals surface area contributed by atoms with Gasteiger partial charge in [-0.1, -0.05) is 43.2 Å². The van der Waals surface area contributed by atoms with Crippen LogP contribution in [0.1, 0.15) is 44.1 Å². The van der Waals surface area contributed by atoms with Crippen LogP contribution in [0.25, 0.3) is 0 Å². The van der Waals surface area contributed by atoms with Gasteiger partial charge in [0.1, 0.15) is 0 Å². The molecule has 2 fully saturated rings. The van der Waals surface area contributed by atoms with E-state index >= 15 is 0 Å². The van der Waals surface area contributed by atoms with Crippen molar-refractivity contribution in [2.45, 2.75) is 50.2 Å². The number of nitrogens with one attached hydrogen (secondary N) is 1. The highest BCUT2D eigenvalue weighted by molar-refractivity contribution is 5.24. The molecule has 0 radical (unpaired) electrons. The van der Waals surface area contributed by atoms with Gasteiger partial charge in [-0.15, -0.1) is 0 Å². The first-order valence-electron chi connectivity index (χ1n) is 7.24. The average Bonchev–Trinajstić information content (AvgIpc) is 2.40. The molecule has 1 N–H and O–H groups in total. The fraction of sp³-hybridized carbons (Fsp3) is 0.625. The van der Waals surface area contributed by atoms with Gasteiger partial charge in [0.15, 0.2) is 0 Å². The number of hydrogen-bond donors (Lipinski definition) is 1. The zero-order valence-corrected chi connectivity index (χ0v) is 11.2. The molecule has 98 valence electrons. The smallest absolute Gasteiger partial charge is 0.0878 e. The first-order chi connectivity index (χ1) is 8.80. The second-order valence-electron chi connectivity index (χ2n) is 5.83. The third kappa shape index (κ3) is 2.19. The predicted molar refractivity (Wildman–Crippen MR) is 73.8 cm³/mol. The van der Waals surface area contributed by atoms with Crippen molar-refractivity contribution in [2.75, 3.05) is 13.1 Å². The molecule has 1 aliphatic heterocycles. The Balaban J connectivity index is 1.90. The SMILES string of the molecule is CC1CNCC2(CCCCC2c2ccccc2)O1. The molecular formula is C16H23NO. The highest BCUT2D eigenvalue weighted by atomic mass is 16.5. The molecule has 1 saturated carbocycles. The van der Waals surface area contributed by atoms with Crippen LogP contribution in [0.5, 0.6) is 0 Å². The molecule has 1 saturated heterocycles. The molecule has 2 aliphatic rings. The molecule has 1 spiro atoms. The van der Waals surface area contributed by atoms with Gasteiger partial charge >= 0.3 is 0 Å². The van der Waals surface area contributed by atoms with E-state index < -0.39 is 0 Å². The van der Waals surface area contributed by atoms with Crippen LogP contribution in [0.15, 0.2) is 30.3 Å². The molecule has 1 aromatic rings. The van der Waals surface area contributed by atoms with Crippen molar-refractivity contribution in [3.8, 4) is 0 Å². The number of hydrogen-bond acceptors (Lipinski definition) is 2. The Bertz CT molecular complexity index is 387. The molecule has 1 heterocycles. The quantitative estimate of drug-likeness (QED) is 0.821. The summed E-state index contributed by atoms with van der Waals surface area (Å²) in [6.07, 6.45) is 5.43. The van der Waals surface area contributed by atoms with Gasteiger partial charge in [0.2, 0.25) is 0 Å². The normalized spacial score (nSPS) is 36.7. The summed E-state index contributed by atoms with van der Waals surface area (Å²) in [7, 11) is 0.